The SMILES string of the molecule is CCNC1CCCCCCC1S(=O)(=O)c1ccccc1C. The summed E-state index contributed by atoms with van der Waals surface area (Å²) in [7, 11) is -3.27. The molecule has 21 heavy (non-hydrogen) atoms. The van der Waals surface area contributed by atoms with E-state index in [1.165, 1.54) is 6.42 Å². The molecule has 1 aromatic rings. The summed E-state index contributed by atoms with van der Waals surface area (Å²) in [6.07, 6.45) is 6.24. The molecule has 2 atom stereocenters. The van der Waals surface area contributed by atoms with E-state index in [1.807, 2.05) is 25.1 Å². The molecule has 1 saturated carbocycles. The molecule has 3 nitrogen and oxygen atoms in total. The van der Waals surface area contributed by atoms with Crippen molar-refractivity contribution in [3.05, 3.63) is 29.8 Å². The summed E-state index contributed by atoms with van der Waals surface area (Å²) in [5, 5.41) is 3.13. The van der Waals surface area contributed by atoms with Gasteiger partial charge in [-0.15, -0.1) is 0 Å². The van der Waals surface area contributed by atoms with E-state index >= 15 is 0 Å². The summed E-state index contributed by atoms with van der Waals surface area (Å²) >= 11 is 0. The molecule has 1 N–H and O–H groups in total. The van der Waals surface area contributed by atoms with Gasteiger partial charge in [-0.3, -0.25) is 0 Å². The molecule has 0 heterocycles. The van der Waals surface area contributed by atoms with Gasteiger partial charge in [0.05, 0.1) is 10.1 Å². The van der Waals surface area contributed by atoms with Crippen molar-refractivity contribution < 1.29 is 8.42 Å². The normalized spacial score (nSPS) is 24.3. The van der Waals surface area contributed by atoms with Crippen LogP contribution in [0.1, 0.15) is 51.0 Å². The van der Waals surface area contributed by atoms with Gasteiger partial charge in [-0.2, -0.15) is 0 Å². The zero-order valence-corrected chi connectivity index (χ0v) is 14.0. The molecule has 1 aliphatic carbocycles. The number of nitrogens with one attached hydrogen (secondary N) is 1. The van der Waals surface area contributed by atoms with Crippen LogP contribution in [0.25, 0.3) is 0 Å². The predicted molar refractivity (Wildman–Crippen MR) is 87.3 cm³/mol. The molecule has 0 bridgehead atoms. The lowest BCUT2D eigenvalue weighted by Gasteiger charge is -2.30. The number of rotatable bonds is 4. The van der Waals surface area contributed by atoms with Crippen LogP contribution in [0, 0.1) is 6.92 Å². The average Bonchev–Trinajstić information content (AvgIpc) is 2.42. The van der Waals surface area contributed by atoms with Gasteiger partial charge in [0.15, 0.2) is 9.84 Å². The second-order valence-electron chi connectivity index (χ2n) is 6.00. The first kappa shape index (κ1) is 16.5. The van der Waals surface area contributed by atoms with Crippen molar-refractivity contribution >= 4 is 9.84 Å². The van der Waals surface area contributed by atoms with E-state index < -0.39 is 9.84 Å². The fourth-order valence-electron chi connectivity index (χ4n) is 3.36. The number of sulfone groups is 1. The van der Waals surface area contributed by atoms with Crippen molar-refractivity contribution in [2.45, 2.75) is 68.6 Å². The van der Waals surface area contributed by atoms with E-state index in [2.05, 4.69) is 12.2 Å². The maximum atomic E-state index is 13.1. The van der Waals surface area contributed by atoms with Crippen LogP contribution in [0.4, 0.5) is 0 Å². The van der Waals surface area contributed by atoms with Crippen molar-refractivity contribution in [1.82, 2.24) is 5.32 Å². The molecule has 118 valence electrons. The highest BCUT2D eigenvalue weighted by Crippen LogP contribution is 2.29. The molecule has 0 aromatic heterocycles. The molecule has 0 spiro atoms. The van der Waals surface area contributed by atoms with Crippen LogP contribution in [-0.2, 0) is 9.84 Å². The fourth-order valence-corrected chi connectivity index (χ4v) is 5.61. The molecule has 4 heteroatoms. The van der Waals surface area contributed by atoms with Gasteiger partial charge in [0.1, 0.15) is 0 Å². The summed E-state index contributed by atoms with van der Waals surface area (Å²) in [6.45, 7) is 4.76. The molecule has 0 radical (unpaired) electrons. The Hall–Kier alpha value is -0.870. The van der Waals surface area contributed by atoms with Gasteiger partial charge < -0.3 is 5.32 Å². The van der Waals surface area contributed by atoms with Crippen LogP contribution in [0.3, 0.4) is 0 Å². The largest absolute Gasteiger partial charge is 0.313 e. The number of benzene rings is 1. The monoisotopic (exact) mass is 309 g/mol. The van der Waals surface area contributed by atoms with Gasteiger partial charge in [0.25, 0.3) is 0 Å². The lowest BCUT2D eigenvalue weighted by atomic mass is 9.96. The van der Waals surface area contributed by atoms with Crippen molar-refractivity contribution in [3.8, 4) is 0 Å². The zero-order valence-electron chi connectivity index (χ0n) is 13.1. The topological polar surface area (TPSA) is 46.2 Å². The molecule has 2 unspecified atom stereocenters. The van der Waals surface area contributed by atoms with Crippen molar-refractivity contribution in [2.75, 3.05) is 6.54 Å². The number of aryl methyl sites for hydroxylation is 1. The average molecular weight is 309 g/mol. The minimum absolute atomic E-state index is 0.0832. The Morgan fingerprint density at radius 1 is 1.10 bits per heavy atom. The first-order valence-corrected chi connectivity index (χ1v) is 9.65. The van der Waals surface area contributed by atoms with E-state index in [9.17, 15) is 8.42 Å². The predicted octanol–water partition coefficient (Wildman–Crippen LogP) is 3.47. The van der Waals surface area contributed by atoms with Gasteiger partial charge in [-0.05, 0) is 37.9 Å². The lowest BCUT2D eigenvalue weighted by molar-refractivity contribution is 0.392. The van der Waals surface area contributed by atoms with Gasteiger partial charge in [-0.25, -0.2) is 8.42 Å². The minimum atomic E-state index is -3.27. The molecular weight excluding hydrogens is 282 g/mol. The summed E-state index contributed by atoms with van der Waals surface area (Å²) in [4.78, 5) is 0.512. The number of hydrogen-bond donors (Lipinski definition) is 1. The third kappa shape index (κ3) is 3.86. The van der Waals surface area contributed by atoms with Crippen molar-refractivity contribution in [2.24, 2.45) is 0 Å². The van der Waals surface area contributed by atoms with Crippen LogP contribution in [-0.4, -0.2) is 26.3 Å². The molecule has 1 aliphatic rings. The van der Waals surface area contributed by atoms with Crippen LogP contribution >= 0.6 is 0 Å². The molecule has 0 amide bonds. The van der Waals surface area contributed by atoms with Gasteiger partial charge in [0, 0.05) is 6.04 Å². The van der Waals surface area contributed by atoms with Gasteiger partial charge in [-0.1, -0.05) is 50.8 Å². The van der Waals surface area contributed by atoms with E-state index in [-0.39, 0.29) is 11.3 Å². The minimum Gasteiger partial charge on any atom is -0.313 e. The van der Waals surface area contributed by atoms with Gasteiger partial charge in [0.2, 0.25) is 0 Å². The van der Waals surface area contributed by atoms with Crippen LogP contribution in [0.5, 0.6) is 0 Å². The molecule has 1 aromatic carbocycles. The van der Waals surface area contributed by atoms with E-state index in [1.54, 1.807) is 6.07 Å². The second-order valence-corrected chi connectivity index (χ2v) is 8.14. The summed E-state index contributed by atoms with van der Waals surface area (Å²) < 4.78 is 26.2. The Morgan fingerprint density at radius 3 is 2.43 bits per heavy atom. The Morgan fingerprint density at radius 2 is 1.76 bits per heavy atom. The second kappa shape index (κ2) is 7.41. The number of hydrogen-bond acceptors (Lipinski definition) is 3. The summed E-state index contributed by atoms with van der Waals surface area (Å²) in [5.41, 5.74) is 0.856. The maximum Gasteiger partial charge on any atom is 0.183 e. The molecule has 0 aliphatic heterocycles. The lowest BCUT2D eigenvalue weighted by Crippen LogP contribution is -2.45. The van der Waals surface area contributed by atoms with Gasteiger partial charge >= 0.3 is 0 Å². The van der Waals surface area contributed by atoms with Crippen molar-refractivity contribution in [1.29, 1.82) is 0 Å². The molecule has 0 saturated heterocycles. The van der Waals surface area contributed by atoms with E-state index in [0.717, 1.165) is 44.2 Å². The molecule has 2 rings (SSSR count). The summed E-state index contributed by atoms with van der Waals surface area (Å²) in [6, 6.07) is 7.45. The summed E-state index contributed by atoms with van der Waals surface area (Å²) in [5.74, 6) is 0. The Bertz CT molecular complexity index is 554. The van der Waals surface area contributed by atoms with Crippen LogP contribution < -0.4 is 5.32 Å². The maximum absolute atomic E-state index is 13.1. The standard InChI is InChI=1S/C17H27NO2S/c1-3-18-15-11-6-4-5-7-13-17(15)21(19,20)16-12-9-8-10-14(16)2/h8-10,12,15,17-18H,3-7,11,13H2,1-2H3. The van der Waals surface area contributed by atoms with E-state index in [4.69, 9.17) is 0 Å². The Kier molecular flexibility index (Phi) is 5.82. The third-order valence-electron chi connectivity index (χ3n) is 4.47. The fraction of sp³-hybridized carbons (Fsp3) is 0.647. The van der Waals surface area contributed by atoms with Crippen LogP contribution in [0.15, 0.2) is 29.2 Å². The third-order valence-corrected chi connectivity index (χ3v) is 6.90. The molecular formula is C17H27NO2S. The van der Waals surface area contributed by atoms with E-state index in [0.29, 0.717) is 4.90 Å². The Labute approximate surface area is 129 Å². The first-order valence-electron chi connectivity index (χ1n) is 8.10. The van der Waals surface area contributed by atoms with Crippen molar-refractivity contribution in [3.63, 3.8) is 0 Å². The highest BCUT2D eigenvalue weighted by Gasteiger charge is 2.35. The smallest absolute Gasteiger partial charge is 0.183 e. The molecule has 1 fully saturated rings. The van der Waals surface area contributed by atoms with Crippen LogP contribution in [0.2, 0.25) is 0 Å². The first-order chi connectivity index (χ1) is 10.1. The highest BCUT2D eigenvalue weighted by molar-refractivity contribution is 7.92. The quantitative estimate of drug-likeness (QED) is 0.926. The Balaban J connectivity index is 2.35. The zero-order chi connectivity index (χ0) is 15.3. The highest BCUT2D eigenvalue weighted by atomic mass is 32.2.